The molecule has 0 spiro atoms. The Hall–Kier alpha value is -3.35. The summed E-state index contributed by atoms with van der Waals surface area (Å²) < 4.78 is 9.74. The molecule has 1 fully saturated rings. The monoisotopic (exact) mass is 382 g/mol. The van der Waals surface area contributed by atoms with Crippen LogP contribution >= 0.6 is 0 Å². The van der Waals surface area contributed by atoms with E-state index in [1.54, 1.807) is 19.2 Å². The number of ether oxygens (including phenoxy) is 2. The van der Waals surface area contributed by atoms with Crippen molar-refractivity contribution in [3.63, 3.8) is 0 Å². The first-order valence-electron chi connectivity index (χ1n) is 8.95. The number of carbonyl (C=O) groups excluding carboxylic acids is 1. The fourth-order valence-corrected chi connectivity index (χ4v) is 3.42. The molecule has 0 aromatic heterocycles. The molecule has 0 saturated carbocycles. The molecule has 1 saturated heterocycles. The van der Waals surface area contributed by atoms with Crippen LogP contribution in [0.25, 0.3) is 6.08 Å². The summed E-state index contributed by atoms with van der Waals surface area (Å²) in [4.78, 5) is 24.5. The number of methoxy groups -OCH3 is 2. The molecular weight excluding hydrogens is 360 g/mol. The fourth-order valence-electron chi connectivity index (χ4n) is 3.42. The second-order valence-corrected chi connectivity index (χ2v) is 6.57. The minimum atomic E-state index is -0.506. The van der Waals surface area contributed by atoms with Crippen LogP contribution < -0.4 is 9.64 Å². The molecule has 7 nitrogen and oxygen atoms in total. The average Bonchev–Trinajstić information content (AvgIpc) is 3.21. The lowest BCUT2D eigenvalue weighted by atomic mass is 9.98. The van der Waals surface area contributed by atoms with Gasteiger partial charge in [-0.1, -0.05) is 18.2 Å². The van der Waals surface area contributed by atoms with Gasteiger partial charge >= 0.3 is 5.97 Å². The van der Waals surface area contributed by atoms with E-state index in [0.717, 1.165) is 18.7 Å². The van der Waals surface area contributed by atoms with Gasteiger partial charge in [0.1, 0.15) is 11.4 Å². The highest BCUT2D eigenvalue weighted by molar-refractivity contribution is 5.87. The lowest BCUT2D eigenvalue weighted by Crippen LogP contribution is -2.20. The fraction of sp³-hybridized carbons (Fsp3) is 0.286. The Balaban J connectivity index is 1.80. The molecule has 146 valence electrons. The highest BCUT2D eigenvalue weighted by Crippen LogP contribution is 2.36. The number of rotatable bonds is 6. The Morgan fingerprint density at radius 3 is 2.61 bits per heavy atom. The summed E-state index contributed by atoms with van der Waals surface area (Å²) in [7, 11) is 2.92. The highest BCUT2D eigenvalue weighted by Gasteiger charge is 2.28. The Labute approximate surface area is 163 Å². The summed E-state index contributed by atoms with van der Waals surface area (Å²) in [6, 6.07) is 12.9. The molecule has 1 aliphatic heterocycles. The maximum Gasteiger partial charge on any atom is 0.330 e. The number of nitrogens with zero attached hydrogens (tertiary/aromatic N) is 2. The van der Waals surface area contributed by atoms with E-state index in [0.29, 0.717) is 23.7 Å². The van der Waals surface area contributed by atoms with Gasteiger partial charge in [-0.25, -0.2) is 4.79 Å². The minimum absolute atomic E-state index is 0.0300. The molecule has 0 amide bonds. The largest absolute Gasteiger partial charge is 0.497 e. The van der Waals surface area contributed by atoms with Gasteiger partial charge in [0.25, 0.3) is 5.69 Å². The van der Waals surface area contributed by atoms with E-state index in [9.17, 15) is 14.9 Å². The lowest BCUT2D eigenvalue weighted by molar-refractivity contribution is -0.384. The third kappa shape index (κ3) is 4.31. The number of hydrogen-bond acceptors (Lipinski definition) is 6. The molecule has 2 aromatic carbocycles. The molecule has 7 heteroatoms. The first-order chi connectivity index (χ1) is 13.5. The standard InChI is InChI=1S/C21H22N2O5/c1-27-18-7-5-16(6-8-18)17-11-12-22(14-17)19-9-3-15(4-10-21(24)28-2)13-20(19)23(25)26/h3-10,13,17H,11-12,14H2,1-2H3/b10-4+. The minimum Gasteiger partial charge on any atom is -0.497 e. The molecule has 0 N–H and O–H groups in total. The van der Waals surface area contributed by atoms with Crippen molar-refractivity contribution >= 4 is 23.4 Å². The normalized spacial score (nSPS) is 16.4. The number of nitro benzene ring substituents is 1. The van der Waals surface area contributed by atoms with Crippen LogP contribution in [0.5, 0.6) is 5.75 Å². The van der Waals surface area contributed by atoms with Crippen molar-refractivity contribution in [1.82, 2.24) is 0 Å². The third-order valence-corrected chi connectivity index (χ3v) is 4.93. The number of benzene rings is 2. The van der Waals surface area contributed by atoms with E-state index in [2.05, 4.69) is 4.74 Å². The van der Waals surface area contributed by atoms with Crippen molar-refractivity contribution in [2.45, 2.75) is 12.3 Å². The molecule has 1 atom stereocenters. The van der Waals surface area contributed by atoms with Crippen LogP contribution in [0.2, 0.25) is 0 Å². The zero-order valence-corrected chi connectivity index (χ0v) is 15.8. The second-order valence-electron chi connectivity index (χ2n) is 6.57. The first-order valence-corrected chi connectivity index (χ1v) is 8.95. The van der Waals surface area contributed by atoms with Crippen molar-refractivity contribution in [3.8, 4) is 5.75 Å². The van der Waals surface area contributed by atoms with E-state index in [1.807, 2.05) is 29.2 Å². The van der Waals surface area contributed by atoms with Gasteiger partial charge in [0.2, 0.25) is 0 Å². The quantitative estimate of drug-likeness (QED) is 0.327. The summed E-state index contributed by atoms with van der Waals surface area (Å²) in [6.45, 7) is 1.46. The summed E-state index contributed by atoms with van der Waals surface area (Å²) in [5.74, 6) is 0.614. The van der Waals surface area contributed by atoms with Crippen LogP contribution in [0.3, 0.4) is 0 Å². The number of carbonyl (C=O) groups is 1. The number of hydrogen-bond donors (Lipinski definition) is 0. The van der Waals surface area contributed by atoms with Crippen molar-refractivity contribution in [3.05, 3.63) is 69.8 Å². The maximum absolute atomic E-state index is 11.6. The van der Waals surface area contributed by atoms with Crippen LogP contribution in [0.15, 0.2) is 48.5 Å². The molecule has 1 aliphatic rings. The van der Waals surface area contributed by atoms with Gasteiger partial charge in [0, 0.05) is 31.1 Å². The van der Waals surface area contributed by atoms with E-state index >= 15 is 0 Å². The van der Waals surface area contributed by atoms with Gasteiger partial charge < -0.3 is 14.4 Å². The van der Waals surface area contributed by atoms with Crippen LogP contribution in [-0.4, -0.2) is 38.2 Å². The number of esters is 1. The molecular formula is C21H22N2O5. The van der Waals surface area contributed by atoms with Crippen LogP contribution in [0.1, 0.15) is 23.5 Å². The predicted molar refractivity (Wildman–Crippen MR) is 107 cm³/mol. The predicted octanol–water partition coefficient (Wildman–Crippen LogP) is 3.78. The lowest BCUT2D eigenvalue weighted by Gasteiger charge is -2.19. The zero-order valence-electron chi connectivity index (χ0n) is 15.8. The van der Waals surface area contributed by atoms with Gasteiger partial charge in [0.15, 0.2) is 0 Å². The molecule has 2 aromatic rings. The molecule has 3 rings (SSSR count). The Morgan fingerprint density at radius 1 is 1.21 bits per heavy atom. The van der Waals surface area contributed by atoms with Crippen molar-refractivity contribution in [2.75, 3.05) is 32.2 Å². The molecule has 28 heavy (non-hydrogen) atoms. The second kappa shape index (κ2) is 8.56. The van der Waals surface area contributed by atoms with Crippen LogP contribution in [0.4, 0.5) is 11.4 Å². The van der Waals surface area contributed by atoms with E-state index < -0.39 is 5.97 Å². The van der Waals surface area contributed by atoms with Crippen LogP contribution in [-0.2, 0) is 9.53 Å². The van der Waals surface area contributed by atoms with Gasteiger partial charge in [0.05, 0.1) is 19.1 Å². The number of anilines is 1. The van der Waals surface area contributed by atoms with E-state index in [4.69, 9.17) is 4.74 Å². The van der Waals surface area contributed by atoms with Gasteiger partial charge in [-0.3, -0.25) is 10.1 Å². The molecule has 1 heterocycles. The van der Waals surface area contributed by atoms with Gasteiger partial charge in [-0.05, 0) is 41.8 Å². The van der Waals surface area contributed by atoms with Crippen molar-refractivity contribution < 1.29 is 19.2 Å². The Bertz CT molecular complexity index is 892. The Morgan fingerprint density at radius 2 is 1.96 bits per heavy atom. The summed E-state index contributed by atoms with van der Waals surface area (Å²) in [6.07, 6.45) is 3.68. The third-order valence-electron chi connectivity index (χ3n) is 4.93. The molecule has 0 bridgehead atoms. The zero-order chi connectivity index (χ0) is 20.1. The van der Waals surface area contributed by atoms with E-state index in [1.165, 1.54) is 30.9 Å². The average molecular weight is 382 g/mol. The summed E-state index contributed by atoms with van der Waals surface area (Å²) >= 11 is 0. The van der Waals surface area contributed by atoms with Crippen molar-refractivity contribution in [1.29, 1.82) is 0 Å². The van der Waals surface area contributed by atoms with Gasteiger partial charge in [-0.15, -0.1) is 0 Å². The molecule has 0 aliphatic carbocycles. The Kier molecular flexibility index (Phi) is 5.93. The van der Waals surface area contributed by atoms with Crippen molar-refractivity contribution in [2.24, 2.45) is 0 Å². The van der Waals surface area contributed by atoms with Gasteiger partial charge in [-0.2, -0.15) is 0 Å². The van der Waals surface area contributed by atoms with Crippen LogP contribution in [0, 0.1) is 10.1 Å². The summed E-state index contributed by atoms with van der Waals surface area (Å²) in [5, 5.41) is 11.6. The highest BCUT2D eigenvalue weighted by atomic mass is 16.6. The smallest absolute Gasteiger partial charge is 0.330 e. The van der Waals surface area contributed by atoms with E-state index in [-0.39, 0.29) is 10.6 Å². The summed E-state index contributed by atoms with van der Waals surface area (Å²) in [5.41, 5.74) is 2.40. The molecule has 1 unspecified atom stereocenters. The SMILES string of the molecule is COC(=O)/C=C/c1ccc(N2CCC(c3ccc(OC)cc3)C2)c([N+](=O)[O-])c1. The number of nitro groups is 1. The molecule has 0 radical (unpaired) electrons. The topological polar surface area (TPSA) is 81.9 Å². The maximum atomic E-state index is 11.6. The first kappa shape index (κ1) is 19.4.